The van der Waals surface area contributed by atoms with Crippen LogP contribution in [0, 0.1) is 0 Å². The Labute approximate surface area is 119 Å². The number of rotatable bonds is 7. The largest absolute Gasteiger partial charge is 0.443 e. The van der Waals surface area contributed by atoms with Gasteiger partial charge in [0.1, 0.15) is 5.52 Å². The molecular formula is C15H21N3O2. The lowest BCUT2D eigenvalue weighted by molar-refractivity contribution is 0.0952. The van der Waals surface area contributed by atoms with Crippen LogP contribution in [0.3, 0.4) is 0 Å². The van der Waals surface area contributed by atoms with Crippen molar-refractivity contribution in [3.05, 3.63) is 30.2 Å². The van der Waals surface area contributed by atoms with E-state index in [4.69, 9.17) is 4.42 Å². The van der Waals surface area contributed by atoms with Gasteiger partial charge in [-0.2, -0.15) is 0 Å². The van der Waals surface area contributed by atoms with Crippen LogP contribution in [0.25, 0.3) is 11.1 Å². The molecule has 0 unspecified atom stereocenters. The lowest BCUT2D eigenvalue weighted by atomic mass is 10.2. The lowest BCUT2D eigenvalue weighted by Crippen LogP contribution is -2.29. The molecule has 5 heteroatoms. The summed E-state index contributed by atoms with van der Waals surface area (Å²) >= 11 is 0. The number of benzene rings is 1. The summed E-state index contributed by atoms with van der Waals surface area (Å²) in [5.74, 6) is -0.0607. The molecule has 5 nitrogen and oxygen atoms in total. The lowest BCUT2D eigenvalue weighted by Gasteiger charge is -2.17. The molecule has 108 valence electrons. The summed E-state index contributed by atoms with van der Waals surface area (Å²) in [6, 6.07) is 5.28. The molecule has 0 radical (unpaired) electrons. The molecule has 0 atom stereocenters. The molecule has 0 aliphatic heterocycles. The molecule has 0 saturated carbocycles. The Morgan fingerprint density at radius 2 is 2.15 bits per heavy atom. The van der Waals surface area contributed by atoms with E-state index in [0.717, 1.165) is 26.1 Å². The van der Waals surface area contributed by atoms with Crippen LogP contribution < -0.4 is 5.32 Å². The van der Waals surface area contributed by atoms with Crippen molar-refractivity contribution in [2.45, 2.75) is 20.3 Å². The van der Waals surface area contributed by atoms with Crippen molar-refractivity contribution >= 4 is 17.0 Å². The summed E-state index contributed by atoms with van der Waals surface area (Å²) in [7, 11) is 0. The summed E-state index contributed by atoms with van der Waals surface area (Å²) in [6.07, 6.45) is 2.34. The number of aromatic nitrogens is 1. The second kappa shape index (κ2) is 7.05. The molecule has 0 saturated heterocycles. The predicted molar refractivity (Wildman–Crippen MR) is 78.7 cm³/mol. The van der Waals surface area contributed by atoms with Crippen molar-refractivity contribution in [2.75, 3.05) is 26.2 Å². The average molecular weight is 275 g/mol. The summed E-state index contributed by atoms with van der Waals surface area (Å²) in [5, 5.41) is 2.94. The summed E-state index contributed by atoms with van der Waals surface area (Å²) < 4.78 is 5.15. The van der Waals surface area contributed by atoms with Crippen molar-refractivity contribution in [3.63, 3.8) is 0 Å². The first kappa shape index (κ1) is 14.5. The molecule has 1 aromatic carbocycles. The van der Waals surface area contributed by atoms with Gasteiger partial charge in [0.15, 0.2) is 12.0 Å². The number of hydrogen-bond acceptors (Lipinski definition) is 4. The minimum atomic E-state index is -0.0607. The number of fused-ring (bicyclic) bond motifs is 1. The van der Waals surface area contributed by atoms with Crippen LogP contribution in [0.15, 0.2) is 29.0 Å². The van der Waals surface area contributed by atoms with Crippen molar-refractivity contribution in [3.8, 4) is 0 Å². The molecule has 1 N–H and O–H groups in total. The fourth-order valence-electron chi connectivity index (χ4n) is 2.15. The van der Waals surface area contributed by atoms with Crippen LogP contribution in [0.2, 0.25) is 0 Å². The van der Waals surface area contributed by atoms with Crippen LogP contribution in [0.1, 0.15) is 30.6 Å². The first-order valence-electron chi connectivity index (χ1n) is 7.08. The highest BCUT2D eigenvalue weighted by Crippen LogP contribution is 2.13. The van der Waals surface area contributed by atoms with E-state index in [1.165, 1.54) is 6.39 Å². The molecule has 0 bridgehead atoms. The zero-order valence-electron chi connectivity index (χ0n) is 12.1. The summed E-state index contributed by atoms with van der Waals surface area (Å²) in [6.45, 7) is 8.09. The van der Waals surface area contributed by atoms with E-state index in [1.54, 1.807) is 18.2 Å². The van der Waals surface area contributed by atoms with Crippen LogP contribution in [0.5, 0.6) is 0 Å². The van der Waals surface area contributed by atoms with Crippen LogP contribution in [0.4, 0.5) is 0 Å². The number of nitrogens with zero attached hydrogens (tertiary/aromatic N) is 2. The van der Waals surface area contributed by atoms with Gasteiger partial charge >= 0.3 is 0 Å². The zero-order valence-corrected chi connectivity index (χ0v) is 12.1. The monoisotopic (exact) mass is 275 g/mol. The highest BCUT2D eigenvalue weighted by atomic mass is 16.3. The maximum Gasteiger partial charge on any atom is 0.251 e. The number of oxazole rings is 1. The third kappa shape index (κ3) is 3.57. The van der Waals surface area contributed by atoms with E-state index < -0.39 is 0 Å². The summed E-state index contributed by atoms with van der Waals surface area (Å²) in [5.41, 5.74) is 2.03. The van der Waals surface area contributed by atoms with Crippen LogP contribution >= 0.6 is 0 Å². The maximum atomic E-state index is 12.0. The summed E-state index contributed by atoms with van der Waals surface area (Å²) in [4.78, 5) is 18.4. The molecule has 2 aromatic rings. The standard InChI is InChI=1S/C15H21N3O2/c1-3-18(4-2)9-5-8-16-15(19)12-6-7-14-13(10-12)17-11-20-14/h6-7,10-11H,3-5,8-9H2,1-2H3,(H,16,19). The van der Waals surface area contributed by atoms with E-state index in [1.807, 2.05) is 0 Å². The Morgan fingerprint density at radius 1 is 1.35 bits per heavy atom. The van der Waals surface area contributed by atoms with Gasteiger partial charge in [-0.3, -0.25) is 4.79 Å². The number of carbonyl (C=O) groups excluding carboxylic acids is 1. The Morgan fingerprint density at radius 3 is 2.90 bits per heavy atom. The van der Waals surface area contributed by atoms with Gasteiger partial charge in [0.2, 0.25) is 0 Å². The normalized spacial score (nSPS) is 11.2. The van der Waals surface area contributed by atoms with E-state index in [0.29, 0.717) is 23.2 Å². The molecule has 0 fully saturated rings. The highest BCUT2D eigenvalue weighted by molar-refractivity contribution is 5.96. The van der Waals surface area contributed by atoms with Crippen molar-refractivity contribution in [1.82, 2.24) is 15.2 Å². The average Bonchev–Trinajstić information content (AvgIpc) is 2.94. The molecule has 1 heterocycles. The third-order valence-corrected chi connectivity index (χ3v) is 3.42. The molecule has 0 spiro atoms. The number of amides is 1. The molecule has 2 rings (SSSR count). The fourth-order valence-corrected chi connectivity index (χ4v) is 2.15. The minimum absolute atomic E-state index is 0.0607. The molecule has 0 aliphatic rings. The molecule has 1 amide bonds. The highest BCUT2D eigenvalue weighted by Gasteiger charge is 2.07. The Bertz CT molecular complexity index is 561. The fraction of sp³-hybridized carbons (Fsp3) is 0.467. The van der Waals surface area contributed by atoms with Gasteiger partial charge in [0.25, 0.3) is 5.91 Å². The third-order valence-electron chi connectivity index (χ3n) is 3.42. The van der Waals surface area contributed by atoms with Crippen LogP contribution in [-0.4, -0.2) is 42.0 Å². The van der Waals surface area contributed by atoms with Gasteiger partial charge in [-0.1, -0.05) is 13.8 Å². The van der Waals surface area contributed by atoms with Crippen LogP contribution in [-0.2, 0) is 0 Å². The van der Waals surface area contributed by atoms with Gasteiger partial charge in [-0.25, -0.2) is 4.98 Å². The van der Waals surface area contributed by atoms with Gasteiger partial charge in [0.05, 0.1) is 0 Å². The number of hydrogen-bond donors (Lipinski definition) is 1. The molecule has 1 aromatic heterocycles. The van der Waals surface area contributed by atoms with E-state index in [9.17, 15) is 4.79 Å². The molecule has 0 aliphatic carbocycles. The minimum Gasteiger partial charge on any atom is -0.443 e. The van der Waals surface area contributed by atoms with Crippen molar-refractivity contribution in [1.29, 1.82) is 0 Å². The Kier molecular flexibility index (Phi) is 5.12. The van der Waals surface area contributed by atoms with Gasteiger partial charge < -0.3 is 14.6 Å². The van der Waals surface area contributed by atoms with Gasteiger partial charge in [-0.15, -0.1) is 0 Å². The van der Waals surface area contributed by atoms with Crippen molar-refractivity contribution < 1.29 is 9.21 Å². The van der Waals surface area contributed by atoms with Gasteiger partial charge in [0, 0.05) is 12.1 Å². The quantitative estimate of drug-likeness (QED) is 0.788. The number of carbonyl (C=O) groups is 1. The first-order valence-corrected chi connectivity index (χ1v) is 7.08. The Hall–Kier alpha value is -1.88. The zero-order chi connectivity index (χ0) is 14.4. The first-order chi connectivity index (χ1) is 9.74. The second-order valence-corrected chi connectivity index (χ2v) is 4.67. The number of nitrogens with one attached hydrogen (secondary N) is 1. The van der Waals surface area contributed by atoms with E-state index in [2.05, 4.69) is 29.0 Å². The second-order valence-electron chi connectivity index (χ2n) is 4.67. The van der Waals surface area contributed by atoms with E-state index in [-0.39, 0.29) is 5.91 Å². The molecular weight excluding hydrogens is 254 g/mol. The smallest absolute Gasteiger partial charge is 0.251 e. The SMILES string of the molecule is CCN(CC)CCCNC(=O)c1ccc2ocnc2c1. The Balaban J connectivity index is 1.82. The topological polar surface area (TPSA) is 58.4 Å². The van der Waals surface area contributed by atoms with Crippen molar-refractivity contribution in [2.24, 2.45) is 0 Å². The van der Waals surface area contributed by atoms with Gasteiger partial charge in [-0.05, 0) is 44.3 Å². The maximum absolute atomic E-state index is 12.0. The van der Waals surface area contributed by atoms with E-state index >= 15 is 0 Å². The molecule has 20 heavy (non-hydrogen) atoms. The predicted octanol–water partition coefficient (Wildman–Crippen LogP) is 2.29.